The Kier molecular flexibility index (Phi) is 10.7. The first-order chi connectivity index (χ1) is 15.6. The molecule has 0 aromatic carbocycles. The molecule has 3 aliphatic heterocycles. The van der Waals surface area contributed by atoms with Crippen molar-refractivity contribution in [3.8, 4) is 0 Å². The van der Waals surface area contributed by atoms with E-state index in [0.717, 1.165) is 68.6 Å². The topological polar surface area (TPSA) is 78.2 Å². The fraction of sp³-hybridized carbons (Fsp3) is 0.833. The van der Waals surface area contributed by atoms with Crippen molar-refractivity contribution in [2.45, 2.75) is 58.5 Å². The van der Waals surface area contributed by atoms with Gasteiger partial charge in [-0.2, -0.15) is 0 Å². The van der Waals surface area contributed by atoms with Gasteiger partial charge in [-0.15, -0.1) is 24.0 Å². The van der Waals surface area contributed by atoms with Crippen LogP contribution >= 0.6 is 24.0 Å². The van der Waals surface area contributed by atoms with Gasteiger partial charge in [0.15, 0.2) is 5.96 Å². The van der Waals surface area contributed by atoms with Gasteiger partial charge < -0.3 is 24.7 Å². The van der Waals surface area contributed by atoms with Crippen molar-refractivity contribution in [2.24, 2.45) is 16.8 Å². The van der Waals surface area contributed by atoms with E-state index in [1.54, 1.807) is 0 Å². The van der Waals surface area contributed by atoms with Gasteiger partial charge in [-0.3, -0.25) is 9.89 Å². The molecule has 1 atom stereocenters. The maximum absolute atomic E-state index is 5.75. The Labute approximate surface area is 216 Å². The predicted molar refractivity (Wildman–Crippen MR) is 142 cm³/mol. The van der Waals surface area contributed by atoms with E-state index in [1.165, 1.54) is 51.7 Å². The standard InChI is InChI=1S/C24H42N6O2.HI/c1-18-19(2)32-23(27-18)16-30-9-4-20(5-10-30)14-26-24(25-3)28-22-6-11-29(12-7-22)15-21-8-13-31-17-21;/h20-22H,4-17H2,1-3H3,(H2,25,26,28);1H. The van der Waals surface area contributed by atoms with Crippen molar-refractivity contribution in [2.75, 3.05) is 59.5 Å². The number of hydrogen-bond acceptors (Lipinski definition) is 6. The number of oxazole rings is 1. The molecule has 1 unspecified atom stereocenters. The van der Waals surface area contributed by atoms with E-state index >= 15 is 0 Å². The molecule has 4 rings (SSSR count). The Bertz CT molecular complexity index is 716. The molecule has 9 heteroatoms. The number of hydrogen-bond donors (Lipinski definition) is 2. The first kappa shape index (κ1) is 26.7. The first-order valence-corrected chi connectivity index (χ1v) is 12.5. The largest absolute Gasteiger partial charge is 0.444 e. The van der Waals surface area contributed by atoms with Crippen molar-refractivity contribution >= 4 is 29.9 Å². The van der Waals surface area contributed by atoms with Crippen LogP contribution in [-0.2, 0) is 11.3 Å². The maximum Gasteiger partial charge on any atom is 0.208 e. The van der Waals surface area contributed by atoms with Crippen molar-refractivity contribution in [1.82, 2.24) is 25.4 Å². The summed E-state index contributed by atoms with van der Waals surface area (Å²) in [6.45, 7) is 13.5. The van der Waals surface area contributed by atoms with Crippen molar-refractivity contribution < 1.29 is 9.15 Å². The van der Waals surface area contributed by atoms with Gasteiger partial charge in [0.25, 0.3) is 0 Å². The molecule has 0 amide bonds. The maximum atomic E-state index is 5.75. The van der Waals surface area contributed by atoms with Gasteiger partial charge in [0.1, 0.15) is 5.76 Å². The van der Waals surface area contributed by atoms with Gasteiger partial charge in [-0.25, -0.2) is 4.98 Å². The smallest absolute Gasteiger partial charge is 0.208 e. The van der Waals surface area contributed by atoms with E-state index in [4.69, 9.17) is 9.15 Å². The molecule has 1 aromatic rings. The number of aryl methyl sites for hydroxylation is 2. The summed E-state index contributed by atoms with van der Waals surface area (Å²) in [5, 5.41) is 7.26. The summed E-state index contributed by atoms with van der Waals surface area (Å²) >= 11 is 0. The average molecular weight is 575 g/mol. The molecule has 0 spiro atoms. The zero-order valence-corrected chi connectivity index (χ0v) is 23.0. The second-order valence-corrected chi connectivity index (χ2v) is 9.87. The molecular formula is C24H43IN6O2. The summed E-state index contributed by atoms with van der Waals surface area (Å²) in [6.07, 6.45) is 6.00. The second kappa shape index (κ2) is 13.3. The number of nitrogens with one attached hydrogen (secondary N) is 2. The van der Waals surface area contributed by atoms with Crippen LogP contribution < -0.4 is 10.6 Å². The lowest BCUT2D eigenvalue weighted by molar-refractivity contribution is 0.150. The minimum atomic E-state index is 0. The van der Waals surface area contributed by atoms with Gasteiger partial charge >= 0.3 is 0 Å². The van der Waals surface area contributed by atoms with Crippen LogP contribution in [0.25, 0.3) is 0 Å². The lowest BCUT2D eigenvalue weighted by Gasteiger charge is -2.35. The van der Waals surface area contributed by atoms with Gasteiger partial charge in [-0.05, 0) is 70.9 Å². The van der Waals surface area contributed by atoms with Crippen LogP contribution in [0.5, 0.6) is 0 Å². The highest BCUT2D eigenvalue weighted by molar-refractivity contribution is 14.0. The minimum absolute atomic E-state index is 0. The summed E-state index contributed by atoms with van der Waals surface area (Å²) in [7, 11) is 1.88. The fourth-order valence-electron chi connectivity index (χ4n) is 5.13. The molecule has 3 aliphatic rings. The molecule has 0 bridgehead atoms. The zero-order valence-electron chi connectivity index (χ0n) is 20.6. The molecule has 1 aromatic heterocycles. The normalized spacial score (nSPS) is 24.1. The van der Waals surface area contributed by atoms with Crippen LogP contribution in [0.4, 0.5) is 0 Å². The molecule has 0 aliphatic carbocycles. The summed E-state index contributed by atoms with van der Waals surface area (Å²) in [5.41, 5.74) is 1.01. The van der Waals surface area contributed by atoms with Crippen molar-refractivity contribution in [1.29, 1.82) is 0 Å². The Hall–Kier alpha value is -0.910. The molecule has 0 saturated carbocycles. The number of rotatable bonds is 7. The van der Waals surface area contributed by atoms with E-state index in [-0.39, 0.29) is 24.0 Å². The molecule has 2 N–H and O–H groups in total. The third kappa shape index (κ3) is 8.07. The molecule has 0 radical (unpaired) electrons. The van der Waals surface area contributed by atoms with E-state index < -0.39 is 0 Å². The summed E-state index contributed by atoms with van der Waals surface area (Å²) in [4.78, 5) is 14.1. The number of halogens is 1. The van der Waals surface area contributed by atoms with Crippen LogP contribution in [0.3, 0.4) is 0 Å². The fourth-order valence-corrected chi connectivity index (χ4v) is 5.13. The first-order valence-electron chi connectivity index (χ1n) is 12.5. The lowest BCUT2D eigenvalue weighted by atomic mass is 9.97. The van der Waals surface area contributed by atoms with Crippen molar-refractivity contribution in [3.05, 3.63) is 17.3 Å². The predicted octanol–water partition coefficient (Wildman–Crippen LogP) is 2.79. The van der Waals surface area contributed by atoms with Crippen LogP contribution in [0.2, 0.25) is 0 Å². The van der Waals surface area contributed by atoms with Gasteiger partial charge in [0.05, 0.1) is 18.8 Å². The number of guanidine groups is 1. The Balaban J connectivity index is 0.00000306. The van der Waals surface area contributed by atoms with Gasteiger partial charge in [0, 0.05) is 45.9 Å². The van der Waals surface area contributed by atoms with Crippen LogP contribution in [-0.4, -0.2) is 86.3 Å². The molecule has 4 heterocycles. The van der Waals surface area contributed by atoms with Crippen LogP contribution in [0.1, 0.15) is 49.4 Å². The van der Waals surface area contributed by atoms with E-state index in [2.05, 4.69) is 30.4 Å². The average Bonchev–Trinajstić information content (AvgIpc) is 3.42. The highest BCUT2D eigenvalue weighted by Gasteiger charge is 2.25. The Morgan fingerprint density at radius 1 is 1.03 bits per heavy atom. The number of piperidine rings is 2. The zero-order chi connectivity index (χ0) is 22.3. The quantitative estimate of drug-likeness (QED) is 0.295. The van der Waals surface area contributed by atoms with E-state index in [1.807, 2.05) is 20.9 Å². The van der Waals surface area contributed by atoms with Gasteiger partial charge in [0.2, 0.25) is 5.89 Å². The van der Waals surface area contributed by atoms with Crippen molar-refractivity contribution in [3.63, 3.8) is 0 Å². The van der Waals surface area contributed by atoms with E-state index in [0.29, 0.717) is 12.0 Å². The minimum Gasteiger partial charge on any atom is -0.444 e. The Morgan fingerprint density at radius 2 is 1.76 bits per heavy atom. The van der Waals surface area contributed by atoms with E-state index in [9.17, 15) is 0 Å². The third-order valence-corrected chi connectivity index (χ3v) is 7.39. The number of aliphatic imine (C=N–C) groups is 1. The molecule has 8 nitrogen and oxygen atoms in total. The molecule has 3 fully saturated rings. The third-order valence-electron chi connectivity index (χ3n) is 7.39. The number of ether oxygens (including phenoxy) is 1. The van der Waals surface area contributed by atoms with Gasteiger partial charge in [-0.1, -0.05) is 0 Å². The monoisotopic (exact) mass is 574 g/mol. The molecule has 188 valence electrons. The Morgan fingerprint density at radius 3 is 2.36 bits per heavy atom. The number of nitrogens with zero attached hydrogens (tertiary/aromatic N) is 4. The lowest BCUT2D eigenvalue weighted by Crippen LogP contribution is -2.50. The highest BCUT2D eigenvalue weighted by Crippen LogP contribution is 2.20. The molecular weight excluding hydrogens is 531 g/mol. The number of likely N-dealkylation sites (tertiary alicyclic amines) is 2. The van der Waals surface area contributed by atoms with Crippen LogP contribution in [0.15, 0.2) is 9.41 Å². The highest BCUT2D eigenvalue weighted by atomic mass is 127. The summed E-state index contributed by atoms with van der Waals surface area (Å²) in [5.74, 6) is 4.17. The summed E-state index contributed by atoms with van der Waals surface area (Å²) in [6, 6.07) is 0.520. The molecule has 33 heavy (non-hydrogen) atoms. The second-order valence-electron chi connectivity index (χ2n) is 9.87. The van der Waals surface area contributed by atoms with Crippen LogP contribution in [0, 0.1) is 25.7 Å². The number of aromatic nitrogens is 1. The molecule has 3 saturated heterocycles. The SMILES string of the molecule is CN=C(NCC1CCN(Cc2nc(C)c(C)o2)CC1)NC1CCN(CC2CCOC2)CC1.I. The summed E-state index contributed by atoms with van der Waals surface area (Å²) < 4.78 is 11.3.